The Balaban J connectivity index is 2.20. The van der Waals surface area contributed by atoms with Crippen molar-refractivity contribution in [3.05, 3.63) is 0 Å². The molecule has 0 aromatic rings. The predicted molar refractivity (Wildman–Crippen MR) is 57.7 cm³/mol. The first-order valence-electron chi connectivity index (χ1n) is 5.12. The normalized spacial score (nSPS) is 18.1. The van der Waals surface area contributed by atoms with Gasteiger partial charge in [-0.3, -0.25) is 0 Å². The Hall–Kier alpha value is -0.130. The fourth-order valence-electron chi connectivity index (χ4n) is 1.23. The molecule has 1 aliphatic carbocycles. The van der Waals surface area contributed by atoms with E-state index in [0.717, 1.165) is 6.54 Å². The summed E-state index contributed by atoms with van der Waals surface area (Å²) < 4.78 is 25.3. The lowest BCUT2D eigenvalue weighted by molar-refractivity contribution is 0.329. The van der Waals surface area contributed by atoms with Crippen LogP contribution >= 0.6 is 0 Å². The molecule has 1 saturated carbocycles. The van der Waals surface area contributed by atoms with Crippen molar-refractivity contribution in [2.75, 3.05) is 20.1 Å². The summed E-state index contributed by atoms with van der Waals surface area (Å²) in [6, 6.07) is 0.693. The molecule has 1 aliphatic rings. The largest absolute Gasteiger partial charge is 0.302 e. The van der Waals surface area contributed by atoms with Crippen LogP contribution in [-0.4, -0.2) is 44.7 Å². The van der Waals surface area contributed by atoms with Crippen LogP contribution in [-0.2, 0) is 10.0 Å². The molecule has 0 aromatic carbocycles. The first kappa shape index (κ1) is 11.9. The van der Waals surface area contributed by atoms with E-state index in [4.69, 9.17) is 0 Å². The molecular weight excluding hydrogens is 200 g/mol. The Morgan fingerprint density at radius 1 is 1.43 bits per heavy atom. The molecule has 0 amide bonds. The number of likely N-dealkylation sites (N-methyl/N-ethyl adjacent to an activating group) is 1. The van der Waals surface area contributed by atoms with Gasteiger partial charge in [-0.05, 0) is 33.7 Å². The van der Waals surface area contributed by atoms with Crippen LogP contribution in [0.5, 0.6) is 0 Å². The van der Waals surface area contributed by atoms with Crippen LogP contribution in [0.25, 0.3) is 0 Å². The van der Waals surface area contributed by atoms with Crippen molar-refractivity contribution in [3.8, 4) is 0 Å². The van der Waals surface area contributed by atoms with Crippen LogP contribution in [0.2, 0.25) is 0 Å². The minimum Gasteiger partial charge on any atom is -0.302 e. The van der Waals surface area contributed by atoms with E-state index in [0.29, 0.717) is 12.6 Å². The molecule has 14 heavy (non-hydrogen) atoms. The summed E-state index contributed by atoms with van der Waals surface area (Å²) in [5.74, 6) is 0. The third-order valence-corrected chi connectivity index (χ3v) is 4.41. The van der Waals surface area contributed by atoms with Crippen molar-refractivity contribution < 1.29 is 8.42 Å². The van der Waals surface area contributed by atoms with Gasteiger partial charge in [-0.1, -0.05) is 0 Å². The van der Waals surface area contributed by atoms with Gasteiger partial charge in [-0.15, -0.1) is 0 Å². The highest BCUT2D eigenvalue weighted by Crippen LogP contribution is 2.24. The second-order valence-corrected chi connectivity index (χ2v) is 6.52. The average molecular weight is 220 g/mol. The molecule has 0 spiro atoms. The number of nitrogens with zero attached hydrogens (tertiary/aromatic N) is 1. The first-order chi connectivity index (χ1) is 6.43. The molecule has 5 heteroatoms. The van der Waals surface area contributed by atoms with E-state index >= 15 is 0 Å². The Bertz CT molecular complexity index is 271. The van der Waals surface area contributed by atoms with Crippen LogP contribution in [0, 0.1) is 0 Å². The van der Waals surface area contributed by atoms with Crippen molar-refractivity contribution in [3.63, 3.8) is 0 Å². The SMILES string of the molecule is CC(C)S(=O)(=O)NCCN(C)C1CC1. The fraction of sp³-hybridized carbons (Fsp3) is 1.00. The average Bonchev–Trinajstić information content (AvgIpc) is 2.85. The van der Waals surface area contributed by atoms with E-state index in [1.807, 2.05) is 7.05 Å². The van der Waals surface area contributed by atoms with E-state index in [9.17, 15) is 8.42 Å². The van der Waals surface area contributed by atoms with Gasteiger partial charge >= 0.3 is 0 Å². The van der Waals surface area contributed by atoms with Gasteiger partial charge in [0.25, 0.3) is 0 Å². The molecule has 1 N–H and O–H groups in total. The number of sulfonamides is 1. The zero-order valence-electron chi connectivity index (χ0n) is 9.16. The number of hydrogen-bond donors (Lipinski definition) is 1. The van der Waals surface area contributed by atoms with Gasteiger partial charge in [0, 0.05) is 19.1 Å². The lowest BCUT2D eigenvalue weighted by atomic mass is 10.5. The van der Waals surface area contributed by atoms with E-state index in [1.54, 1.807) is 13.8 Å². The highest BCUT2D eigenvalue weighted by atomic mass is 32.2. The van der Waals surface area contributed by atoms with Gasteiger partial charge in [-0.25, -0.2) is 13.1 Å². The molecule has 1 rings (SSSR count). The summed E-state index contributed by atoms with van der Waals surface area (Å²) in [5.41, 5.74) is 0. The predicted octanol–water partition coefficient (Wildman–Crippen LogP) is 0.408. The molecule has 0 saturated heterocycles. The van der Waals surface area contributed by atoms with Crippen molar-refractivity contribution in [1.82, 2.24) is 9.62 Å². The van der Waals surface area contributed by atoms with Crippen molar-refractivity contribution in [1.29, 1.82) is 0 Å². The molecular formula is C9H20N2O2S. The van der Waals surface area contributed by atoms with E-state index in [-0.39, 0.29) is 5.25 Å². The molecule has 0 atom stereocenters. The van der Waals surface area contributed by atoms with Crippen LogP contribution in [0.15, 0.2) is 0 Å². The fourth-order valence-corrected chi connectivity index (χ4v) is 1.94. The third-order valence-electron chi connectivity index (χ3n) is 2.56. The first-order valence-corrected chi connectivity index (χ1v) is 6.67. The third kappa shape index (κ3) is 3.55. The molecule has 0 aliphatic heterocycles. The van der Waals surface area contributed by atoms with E-state index in [2.05, 4.69) is 9.62 Å². The quantitative estimate of drug-likeness (QED) is 0.705. The second-order valence-electron chi connectivity index (χ2n) is 4.20. The molecule has 1 fully saturated rings. The maximum absolute atomic E-state index is 11.4. The van der Waals surface area contributed by atoms with Crippen molar-refractivity contribution >= 4 is 10.0 Å². The summed E-state index contributed by atoms with van der Waals surface area (Å²) >= 11 is 0. The molecule has 4 nitrogen and oxygen atoms in total. The minimum atomic E-state index is -3.08. The van der Waals surface area contributed by atoms with Gasteiger partial charge in [0.15, 0.2) is 0 Å². The van der Waals surface area contributed by atoms with Gasteiger partial charge in [0.1, 0.15) is 0 Å². The standard InChI is InChI=1S/C9H20N2O2S/c1-8(2)14(12,13)10-6-7-11(3)9-4-5-9/h8-10H,4-7H2,1-3H3. The molecule has 0 bridgehead atoms. The highest BCUT2D eigenvalue weighted by Gasteiger charge is 2.25. The minimum absolute atomic E-state index is 0.339. The lowest BCUT2D eigenvalue weighted by Gasteiger charge is -2.16. The summed E-state index contributed by atoms with van der Waals surface area (Å²) in [4.78, 5) is 2.21. The van der Waals surface area contributed by atoms with E-state index < -0.39 is 10.0 Å². The maximum Gasteiger partial charge on any atom is 0.213 e. The Morgan fingerprint density at radius 2 is 2.00 bits per heavy atom. The molecule has 0 radical (unpaired) electrons. The topological polar surface area (TPSA) is 49.4 Å². The summed E-state index contributed by atoms with van der Waals surface area (Å²) in [5, 5.41) is -0.339. The summed E-state index contributed by atoms with van der Waals surface area (Å²) in [6.45, 7) is 4.70. The molecule has 84 valence electrons. The Labute approximate surface area is 86.7 Å². The summed E-state index contributed by atoms with van der Waals surface area (Å²) in [6.07, 6.45) is 2.51. The van der Waals surface area contributed by atoms with Crippen LogP contribution in [0.1, 0.15) is 26.7 Å². The van der Waals surface area contributed by atoms with Gasteiger partial charge < -0.3 is 4.90 Å². The summed E-state index contributed by atoms with van der Waals surface area (Å²) in [7, 11) is -1.03. The maximum atomic E-state index is 11.4. The van der Waals surface area contributed by atoms with Crippen molar-refractivity contribution in [2.45, 2.75) is 38.0 Å². The second kappa shape index (κ2) is 4.59. The van der Waals surface area contributed by atoms with Crippen LogP contribution < -0.4 is 4.72 Å². The number of rotatable bonds is 6. The van der Waals surface area contributed by atoms with E-state index in [1.165, 1.54) is 12.8 Å². The zero-order chi connectivity index (χ0) is 10.8. The molecule has 0 unspecified atom stereocenters. The van der Waals surface area contributed by atoms with Gasteiger partial charge in [0.2, 0.25) is 10.0 Å². The zero-order valence-corrected chi connectivity index (χ0v) is 9.97. The number of hydrogen-bond acceptors (Lipinski definition) is 3. The Morgan fingerprint density at radius 3 is 2.43 bits per heavy atom. The Kier molecular flexibility index (Phi) is 3.92. The van der Waals surface area contributed by atoms with Gasteiger partial charge in [-0.2, -0.15) is 0 Å². The van der Waals surface area contributed by atoms with Crippen molar-refractivity contribution in [2.24, 2.45) is 0 Å². The lowest BCUT2D eigenvalue weighted by Crippen LogP contribution is -2.37. The van der Waals surface area contributed by atoms with Crippen LogP contribution in [0.4, 0.5) is 0 Å². The molecule has 0 heterocycles. The highest BCUT2D eigenvalue weighted by molar-refractivity contribution is 7.90. The van der Waals surface area contributed by atoms with Crippen LogP contribution in [0.3, 0.4) is 0 Å². The number of nitrogens with one attached hydrogen (secondary N) is 1. The van der Waals surface area contributed by atoms with Gasteiger partial charge in [0.05, 0.1) is 5.25 Å². The monoisotopic (exact) mass is 220 g/mol. The molecule has 0 aromatic heterocycles. The smallest absolute Gasteiger partial charge is 0.213 e.